The van der Waals surface area contributed by atoms with E-state index in [1.807, 2.05) is 30.3 Å². The lowest BCUT2D eigenvalue weighted by molar-refractivity contribution is -0.138. The lowest BCUT2D eigenvalue weighted by Gasteiger charge is -2.26. The van der Waals surface area contributed by atoms with Crippen molar-refractivity contribution in [3.8, 4) is 22.8 Å². The number of rotatable bonds is 8. The standard InChI is InChI=1S/C34H26Cl2N2O6S/c1-4-43-33(40)29-30(19-8-6-5-7-9-19)37-34-38(31(29)20-10-14-26(41-2)27(16-20)42-3)32(39)28(45-34)18-22-12-15-25(44-22)23-13-11-21(35)17-24(23)36/h5-18,31H,4H2,1-3H3/b28-18-. The number of ether oxygens (including phenoxy) is 3. The predicted molar refractivity (Wildman–Crippen MR) is 175 cm³/mol. The van der Waals surface area contributed by atoms with Gasteiger partial charge in [-0.2, -0.15) is 0 Å². The number of hydrogen-bond donors (Lipinski definition) is 0. The smallest absolute Gasteiger partial charge is 0.338 e. The molecule has 3 heterocycles. The maximum atomic E-state index is 14.2. The Morgan fingerprint density at radius 2 is 1.78 bits per heavy atom. The molecule has 1 aliphatic heterocycles. The molecule has 3 aromatic carbocycles. The van der Waals surface area contributed by atoms with Gasteiger partial charge in [0.05, 0.1) is 47.7 Å². The average molecular weight is 662 g/mol. The van der Waals surface area contributed by atoms with E-state index >= 15 is 0 Å². The van der Waals surface area contributed by atoms with Gasteiger partial charge in [-0.3, -0.25) is 9.36 Å². The van der Waals surface area contributed by atoms with Crippen LogP contribution in [0.5, 0.6) is 11.5 Å². The number of fused-ring (bicyclic) bond motifs is 1. The van der Waals surface area contributed by atoms with Crippen molar-refractivity contribution >= 4 is 52.3 Å². The van der Waals surface area contributed by atoms with Crippen LogP contribution in [0.25, 0.3) is 23.1 Å². The summed E-state index contributed by atoms with van der Waals surface area (Å²) in [4.78, 5) is 33.2. The highest BCUT2D eigenvalue weighted by atomic mass is 35.5. The van der Waals surface area contributed by atoms with Crippen molar-refractivity contribution in [1.82, 2.24) is 4.57 Å². The molecule has 228 valence electrons. The summed E-state index contributed by atoms with van der Waals surface area (Å²) >= 11 is 13.6. The molecule has 0 radical (unpaired) electrons. The summed E-state index contributed by atoms with van der Waals surface area (Å²) < 4.78 is 24.5. The van der Waals surface area contributed by atoms with E-state index in [2.05, 4.69) is 0 Å². The van der Waals surface area contributed by atoms with E-state index in [-0.39, 0.29) is 17.7 Å². The number of nitrogens with zero attached hydrogens (tertiary/aromatic N) is 2. The van der Waals surface area contributed by atoms with Crippen LogP contribution in [-0.2, 0) is 9.53 Å². The second-order valence-electron chi connectivity index (χ2n) is 9.87. The number of carbonyl (C=O) groups is 1. The summed E-state index contributed by atoms with van der Waals surface area (Å²) in [6.07, 6.45) is 1.65. The van der Waals surface area contributed by atoms with E-state index in [0.29, 0.717) is 64.8 Å². The van der Waals surface area contributed by atoms with Gasteiger partial charge in [-0.25, -0.2) is 9.79 Å². The molecule has 0 bridgehead atoms. The normalized spacial score (nSPS) is 14.6. The molecule has 2 aromatic heterocycles. The Balaban J connectivity index is 1.58. The van der Waals surface area contributed by atoms with Crippen LogP contribution in [0.4, 0.5) is 0 Å². The zero-order valence-electron chi connectivity index (χ0n) is 24.4. The summed E-state index contributed by atoms with van der Waals surface area (Å²) in [6, 6.07) is 22.4. The highest BCUT2D eigenvalue weighted by molar-refractivity contribution is 7.07. The third-order valence-electron chi connectivity index (χ3n) is 7.19. The molecule has 0 saturated heterocycles. The molecule has 6 rings (SSSR count). The van der Waals surface area contributed by atoms with Gasteiger partial charge in [-0.1, -0.05) is 70.9 Å². The van der Waals surface area contributed by atoms with Gasteiger partial charge in [0.15, 0.2) is 16.3 Å². The molecule has 8 nitrogen and oxygen atoms in total. The first kappa shape index (κ1) is 30.5. The first-order chi connectivity index (χ1) is 21.8. The molecule has 0 fully saturated rings. The van der Waals surface area contributed by atoms with E-state index < -0.39 is 12.0 Å². The molecule has 0 amide bonds. The van der Waals surface area contributed by atoms with Crippen molar-refractivity contribution in [2.45, 2.75) is 13.0 Å². The maximum Gasteiger partial charge on any atom is 0.338 e. The number of aromatic nitrogens is 1. The van der Waals surface area contributed by atoms with E-state index in [1.54, 1.807) is 68.6 Å². The van der Waals surface area contributed by atoms with Crippen molar-refractivity contribution in [3.63, 3.8) is 0 Å². The summed E-state index contributed by atoms with van der Waals surface area (Å²) in [5.74, 6) is 1.34. The van der Waals surface area contributed by atoms with Crippen LogP contribution >= 0.6 is 34.5 Å². The molecule has 0 saturated carbocycles. The quantitative estimate of drug-likeness (QED) is 0.176. The van der Waals surface area contributed by atoms with E-state index in [0.717, 1.165) is 0 Å². The second-order valence-corrected chi connectivity index (χ2v) is 11.7. The van der Waals surface area contributed by atoms with Gasteiger partial charge < -0.3 is 18.6 Å². The predicted octanol–water partition coefficient (Wildman–Crippen LogP) is 6.52. The fourth-order valence-corrected chi connectivity index (χ4v) is 6.66. The Bertz CT molecular complexity index is 2130. The number of furan rings is 1. The highest BCUT2D eigenvalue weighted by Crippen LogP contribution is 2.38. The number of hydrogen-bond acceptors (Lipinski definition) is 8. The topological polar surface area (TPSA) is 92.3 Å². The number of esters is 1. The first-order valence-corrected chi connectivity index (χ1v) is 15.5. The summed E-state index contributed by atoms with van der Waals surface area (Å²) in [6.45, 7) is 1.88. The molecule has 0 spiro atoms. The van der Waals surface area contributed by atoms with Crippen LogP contribution < -0.4 is 24.4 Å². The Labute approximate surface area is 272 Å². The fourth-order valence-electron chi connectivity index (χ4n) is 5.17. The van der Waals surface area contributed by atoms with Crippen molar-refractivity contribution < 1.29 is 23.4 Å². The zero-order chi connectivity index (χ0) is 31.7. The van der Waals surface area contributed by atoms with Crippen LogP contribution in [0.3, 0.4) is 0 Å². The third-order valence-corrected chi connectivity index (χ3v) is 8.72. The minimum absolute atomic E-state index is 0.145. The van der Waals surface area contributed by atoms with Crippen LogP contribution in [0.15, 0.2) is 98.6 Å². The lowest BCUT2D eigenvalue weighted by Crippen LogP contribution is -2.40. The molecule has 11 heteroatoms. The van der Waals surface area contributed by atoms with Crippen LogP contribution in [0.1, 0.15) is 29.9 Å². The minimum Gasteiger partial charge on any atom is -0.493 e. The number of methoxy groups -OCH3 is 2. The van der Waals surface area contributed by atoms with Gasteiger partial charge in [-0.05, 0) is 55.0 Å². The molecule has 0 N–H and O–H groups in total. The summed E-state index contributed by atoms with van der Waals surface area (Å²) in [5, 5.41) is 0.954. The number of benzene rings is 3. The Kier molecular flexibility index (Phi) is 8.67. The van der Waals surface area contributed by atoms with Crippen molar-refractivity contribution in [2.24, 2.45) is 4.99 Å². The van der Waals surface area contributed by atoms with Gasteiger partial charge in [-0.15, -0.1) is 0 Å². The van der Waals surface area contributed by atoms with Crippen molar-refractivity contribution in [2.75, 3.05) is 20.8 Å². The Morgan fingerprint density at radius 1 is 1.00 bits per heavy atom. The van der Waals surface area contributed by atoms with Gasteiger partial charge in [0, 0.05) is 22.2 Å². The number of halogens is 2. The van der Waals surface area contributed by atoms with Gasteiger partial charge >= 0.3 is 5.97 Å². The molecule has 1 unspecified atom stereocenters. The van der Waals surface area contributed by atoms with Crippen molar-refractivity contribution in [1.29, 1.82) is 0 Å². The fraction of sp³-hybridized carbons (Fsp3) is 0.147. The second kappa shape index (κ2) is 12.8. The monoisotopic (exact) mass is 660 g/mol. The van der Waals surface area contributed by atoms with Crippen LogP contribution in [-0.4, -0.2) is 31.4 Å². The summed E-state index contributed by atoms with van der Waals surface area (Å²) in [5.41, 5.74) is 2.28. The van der Waals surface area contributed by atoms with Crippen LogP contribution in [0, 0.1) is 0 Å². The summed E-state index contributed by atoms with van der Waals surface area (Å²) in [7, 11) is 3.07. The Morgan fingerprint density at radius 3 is 2.49 bits per heavy atom. The van der Waals surface area contributed by atoms with E-state index in [9.17, 15) is 9.59 Å². The van der Waals surface area contributed by atoms with E-state index in [4.69, 9.17) is 46.8 Å². The van der Waals surface area contributed by atoms with Gasteiger partial charge in [0.2, 0.25) is 0 Å². The number of thiazole rings is 1. The Hall–Kier alpha value is -4.57. The molecular formula is C34H26Cl2N2O6S. The maximum absolute atomic E-state index is 14.2. The minimum atomic E-state index is -0.877. The SMILES string of the molecule is CCOC(=O)C1=C(c2ccccc2)N=c2s/c(=C\c3ccc(-c4ccc(Cl)cc4Cl)o3)c(=O)n2C1c1ccc(OC)c(OC)c1. The molecule has 5 aromatic rings. The van der Waals surface area contributed by atoms with Gasteiger partial charge in [0.25, 0.3) is 5.56 Å². The van der Waals surface area contributed by atoms with E-state index in [1.165, 1.54) is 23.0 Å². The molecule has 0 aliphatic carbocycles. The third kappa shape index (κ3) is 5.82. The largest absolute Gasteiger partial charge is 0.493 e. The zero-order valence-corrected chi connectivity index (χ0v) is 26.7. The van der Waals surface area contributed by atoms with Crippen molar-refractivity contribution in [3.05, 3.63) is 131 Å². The van der Waals surface area contributed by atoms with Gasteiger partial charge in [0.1, 0.15) is 11.5 Å². The molecule has 1 aliphatic rings. The molecular weight excluding hydrogens is 635 g/mol. The molecule has 1 atom stereocenters. The molecule has 45 heavy (non-hydrogen) atoms. The average Bonchev–Trinajstić information content (AvgIpc) is 3.64. The highest BCUT2D eigenvalue weighted by Gasteiger charge is 2.35. The first-order valence-electron chi connectivity index (χ1n) is 13.9. The number of carbonyl (C=O) groups excluding carboxylic acids is 1. The lowest BCUT2D eigenvalue weighted by atomic mass is 9.93. The van der Waals surface area contributed by atoms with Crippen LogP contribution in [0.2, 0.25) is 10.0 Å².